The van der Waals surface area contributed by atoms with E-state index < -0.39 is 0 Å². The summed E-state index contributed by atoms with van der Waals surface area (Å²) in [5, 5.41) is 5.72. The van der Waals surface area contributed by atoms with Gasteiger partial charge in [-0.15, -0.1) is 11.3 Å². The van der Waals surface area contributed by atoms with Gasteiger partial charge in [-0.25, -0.2) is 4.98 Å². The van der Waals surface area contributed by atoms with Crippen LogP contribution in [0.3, 0.4) is 0 Å². The molecular weight excluding hydrogens is 230 g/mol. The van der Waals surface area contributed by atoms with E-state index in [4.69, 9.17) is 0 Å². The lowest BCUT2D eigenvalue weighted by Gasteiger charge is -2.16. The van der Waals surface area contributed by atoms with Gasteiger partial charge in [0, 0.05) is 18.1 Å². The molecule has 0 saturated carbocycles. The van der Waals surface area contributed by atoms with Crippen LogP contribution < -0.4 is 5.32 Å². The molecule has 3 nitrogen and oxygen atoms in total. The zero-order chi connectivity index (χ0) is 12.3. The Morgan fingerprint density at radius 3 is 2.88 bits per heavy atom. The fraction of sp³-hybridized carbons (Fsp3) is 0.462. The SMILES string of the molecule is CCCNC(c1cn(C)cn1)c1ccsc1C. The maximum absolute atomic E-state index is 4.47. The van der Waals surface area contributed by atoms with Crippen LogP contribution in [0.25, 0.3) is 0 Å². The van der Waals surface area contributed by atoms with Crippen molar-refractivity contribution in [2.45, 2.75) is 26.3 Å². The van der Waals surface area contributed by atoms with Gasteiger partial charge in [0.05, 0.1) is 18.1 Å². The van der Waals surface area contributed by atoms with Crippen molar-refractivity contribution in [2.24, 2.45) is 7.05 Å². The molecule has 0 aliphatic rings. The highest BCUT2D eigenvalue weighted by Gasteiger charge is 2.18. The number of hydrogen-bond acceptors (Lipinski definition) is 3. The van der Waals surface area contributed by atoms with E-state index in [1.807, 2.05) is 17.9 Å². The van der Waals surface area contributed by atoms with Gasteiger partial charge in [0.1, 0.15) is 0 Å². The van der Waals surface area contributed by atoms with Gasteiger partial charge in [-0.1, -0.05) is 6.92 Å². The fourth-order valence-electron chi connectivity index (χ4n) is 1.94. The number of aryl methyl sites for hydroxylation is 2. The van der Waals surface area contributed by atoms with Crippen LogP contribution in [0.5, 0.6) is 0 Å². The Bertz CT molecular complexity index is 472. The zero-order valence-electron chi connectivity index (χ0n) is 10.6. The third-order valence-electron chi connectivity index (χ3n) is 2.83. The molecule has 0 spiro atoms. The van der Waals surface area contributed by atoms with Crippen LogP contribution in [0.4, 0.5) is 0 Å². The van der Waals surface area contributed by atoms with Gasteiger partial charge in [0.15, 0.2) is 0 Å². The van der Waals surface area contributed by atoms with Crippen LogP contribution in [0.2, 0.25) is 0 Å². The average Bonchev–Trinajstić information content (AvgIpc) is 2.90. The number of nitrogens with zero attached hydrogens (tertiary/aromatic N) is 2. The first-order valence-electron chi connectivity index (χ1n) is 5.97. The summed E-state index contributed by atoms with van der Waals surface area (Å²) < 4.78 is 2.00. The lowest BCUT2D eigenvalue weighted by molar-refractivity contribution is 0.587. The van der Waals surface area contributed by atoms with Crippen LogP contribution in [0.1, 0.15) is 35.5 Å². The summed E-state index contributed by atoms with van der Waals surface area (Å²) in [7, 11) is 2.01. The highest BCUT2D eigenvalue weighted by atomic mass is 32.1. The minimum atomic E-state index is 0.224. The number of aromatic nitrogens is 2. The summed E-state index contributed by atoms with van der Waals surface area (Å²) >= 11 is 1.79. The average molecular weight is 249 g/mol. The molecule has 1 unspecified atom stereocenters. The second kappa shape index (κ2) is 5.47. The monoisotopic (exact) mass is 249 g/mol. The number of nitrogens with one attached hydrogen (secondary N) is 1. The minimum Gasteiger partial charge on any atom is -0.340 e. The molecule has 0 aliphatic heterocycles. The van der Waals surface area contributed by atoms with Crippen molar-refractivity contribution in [1.82, 2.24) is 14.9 Å². The predicted molar refractivity (Wildman–Crippen MR) is 72.4 cm³/mol. The Balaban J connectivity index is 2.28. The molecule has 92 valence electrons. The molecule has 2 rings (SSSR count). The van der Waals surface area contributed by atoms with Gasteiger partial charge in [-0.2, -0.15) is 0 Å². The molecule has 0 aliphatic carbocycles. The molecule has 1 atom stereocenters. The molecule has 2 heterocycles. The third-order valence-corrected chi connectivity index (χ3v) is 3.69. The highest BCUT2D eigenvalue weighted by molar-refractivity contribution is 7.10. The van der Waals surface area contributed by atoms with Crippen LogP contribution in [-0.4, -0.2) is 16.1 Å². The number of hydrogen-bond donors (Lipinski definition) is 1. The summed E-state index contributed by atoms with van der Waals surface area (Å²) in [5.74, 6) is 0. The molecule has 0 saturated heterocycles. The molecule has 17 heavy (non-hydrogen) atoms. The van der Waals surface area contributed by atoms with Crippen molar-refractivity contribution in [2.75, 3.05) is 6.54 Å². The van der Waals surface area contributed by atoms with Crippen LogP contribution >= 0.6 is 11.3 Å². The van der Waals surface area contributed by atoms with Gasteiger partial charge in [0.2, 0.25) is 0 Å². The quantitative estimate of drug-likeness (QED) is 0.883. The van der Waals surface area contributed by atoms with Gasteiger partial charge in [-0.05, 0) is 36.9 Å². The molecular formula is C13H19N3S. The Kier molecular flexibility index (Phi) is 3.97. The standard InChI is InChI=1S/C13H19N3S/c1-4-6-14-13(11-5-7-17-10(11)2)12-8-16(3)9-15-12/h5,7-9,13-14H,4,6H2,1-3H3. The largest absolute Gasteiger partial charge is 0.340 e. The van der Waals surface area contributed by atoms with E-state index in [2.05, 4.69) is 41.8 Å². The Labute approximate surface area is 107 Å². The number of rotatable bonds is 5. The molecule has 0 radical (unpaired) electrons. The van der Waals surface area contributed by atoms with Crippen molar-refractivity contribution in [3.05, 3.63) is 40.1 Å². The molecule has 0 aromatic carbocycles. The van der Waals surface area contributed by atoms with Gasteiger partial charge in [0.25, 0.3) is 0 Å². The second-order valence-electron chi connectivity index (χ2n) is 4.28. The van der Waals surface area contributed by atoms with E-state index in [1.165, 1.54) is 10.4 Å². The fourth-order valence-corrected chi connectivity index (χ4v) is 2.68. The van der Waals surface area contributed by atoms with E-state index >= 15 is 0 Å². The zero-order valence-corrected chi connectivity index (χ0v) is 11.4. The summed E-state index contributed by atoms with van der Waals surface area (Å²) in [5.41, 5.74) is 2.45. The molecule has 0 fully saturated rings. The van der Waals surface area contributed by atoms with Crippen molar-refractivity contribution < 1.29 is 0 Å². The van der Waals surface area contributed by atoms with Crippen LogP contribution in [0, 0.1) is 6.92 Å². The normalized spacial score (nSPS) is 12.9. The summed E-state index contributed by atoms with van der Waals surface area (Å²) in [6.07, 6.45) is 5.08. The van der Waals surface area contributed by atoms with Gasteiger partial charge < -0.3 is 9.88 Å². The lowest BCUT2D eigenvalue weighted by Crippen LogP contribution is -2.23. The van der Waals surface area contributed by atoms with Crippen molar-refractivity contribution in [3.63, 3.8) is 0 Å². The summed E-state index contributed by atoms with van der Waals surface area (Å²) in [6, 6.07) is 2.42. The van der Waals surface area contributed by atoms with Gasteiger partial charge >= 0.3 is 0 Å². The first kappa shape index (κ1) is 12.3. The van der Waals surface area contributed by atoms with E-state index in [-0.39, 0.29) is 6.04 Å². The minimum absolute atomic E-state index is 0.224. The first-order valence-corrected chi connectivity index (χ1v) is 6.85. The van der Waals surface area contributed by atoms with Crippen LogP contribution in [-0.2, 0) is 7.05 Å². The molecule has 1 N–H and O–H groups in total. The Morgan fingerprint density at radius 1 is 1.53 bits per heavy atom. The molecule has 2 aromatic rings. The maximum atomic E-state index is 4.47. The number of imidazole rings is 1. The van der Waals surface area contributed by atoms with E-state index in [0.29, 0.717) is 0 Å². The predicted octanol–water partition coefficient (Wildman–Crippen LogP) is 2.88. The summed E-state index contributed by atoms with van der Waals surface area (Å²) in [6.45, 7) is 5.36. The molecule has 4 heteroatoms. The smallest absolute Gasteiger partial charge is 0.0947 e. The second-order valence-corrected chi connectivity index (χ2v) is 5.40. The van der Waals surface area contributed by atoms with Gasteiger partial charge in [-0.3, -0.25) is 0 Å². The molecule has 0 bridgehead atoms. The van der Waals surface area contributed by atoms with E-state index in [9.17, 15) is 0 Å². The topological polar surface area (TPSA) is 29.9 Å². The maximum Gasteiger partial charge on any atom is 0.0947 e. The number of thiophene rings is 1. The Hall–Kier alpha value is -1.13. The third kappa shape index (κ3) is 2.76. The Morgan fingerprint density at radius 2 is 2.35 bits per heavy atom. The first-order chi connectivity index (χ1) is 8.22. The molecule has 0 amide bonds. The van der Waals surface area contributed by atoms with Crippen molar-refractivity contribution >= 4 is 11.3 Å². The molecule has 2 aromatic heterocycles. The van der Waals surface area contributed by atoms with E-state index in [1.54, 1.807) is 11.3 Å². The van der Waals surface area contributed by atoms with E-state index in [0.717, 1.165) is 18.7 Å². The summed E-state index contributed by atoms with van der Waals surface area (Å²) in [4.78, 5) is 5.84. The van der Waals surface area contributed by atoms with Crippen molar-refractivity contribution in [3.8, 4) is 0 Å². The van der Waals surface area contributed by atoms with Crippen molar-refractivity contribution in [1.29, 1.82) is 0 Å². The highest BCUT2D eigenvalue weighted by Crippen LogP contribution is 2.27. The van der Waals surface area contributed by atoms with Crippen LogP contribution in [0.15, 0.2) is 24.0 Å². The lowest BCUT2D eigenvalue weighted by atomic mass is 10.1.